The van der Waals surface area contributed by atoms with Crippen molar-refractivity contribution in [3.63, 3.8) is 0 Å². The number of alkyl halides is 6. The zero-order valence-electron chi connectivity index (χ0n) is 21.5. The molecule has 2 fully saturated rings. The molecule has 4 rings (SSSR count). The van der Waals surface area contributed by atoms with Gasteiger partial charge in [-0.15, -0.1) is 22.7 Å². The van der Waals surface area contributed by atoms with E-state index < -0.39 is 24.3 Å². The van der Waals surface area contributed by atoms with E-state index in [4.69, 9.17) is 29.3 Å². The quantitative estimate of drug-likeness (QED) is 0.486. The molecule has 17 heteroatoms. The van der Waals surface area contributed by atoms with Gasteiger partial charge in [0.25, 0.3) is 0 Å². The van der Waals surface area contributed by atoms with Crippen LogP contribution in [0.25, 0.3) is 0 Å². The van der Waals surface area contributed by atoms with Crippen molar-refractivity contribution >= 4 is 34.6 Å². The van der Waals surface area contributed by atoms with Gasteiger partial charge in [-0.05, 0) is 26.0 Å². The van der Waals surface area contributed by atoms with Crippen LogP contribution in [-0.4, -0.2) is 101 Å². The second-order valence-electron chi connectivity index (χ2n) is 8.98. The Labute approximate surface area is 233 Å². The number of rotatable bonds is 4. The summed E-state index contributed by atoms with van der Waals surface area (Å²) >= 11 is 3.62. The number of aromatic nitrogens is 1. The van der Waals surface area contributed by atoms with E-state index in [0.717, 1.165) is 63.2 Å². The topological polar surface area (TPSA) is 112 Å². The van der Waals surface area contributed by atoms with Crippen molar-refractivity contribution in [1.82, 2.24) is 14.8 Å². The van der Waals surface area contributed by atoms with Gasteiger partial charge in [0, 0.05) is 54.4 Å². The number of thiazole rings is 1. The second kappa shape index (κ2) is 14.5. The molecule has 9 nitrogen and oxygen atoms in total. The molecule has 0 radical (unpaired) electrons. The number of aryl methyl sites for hydroxylation is 2. The third-order valence-corrected chi connectivity index (χ3v) is 7.28. The predicted octanol–water partition coefficient (Wildman–Crippen LogP) is 4.19. The molecule has 1 unspecified atom stereocenters. The molecule has 2 aliphatic rings. The van der Waals surface area contributed by atoms with E-state index in [9.17, 15) is 26.3 Å². The Hall–Kier alpha value is -2.31. The number of halogens is 6. The Morgan fingerprint density at radius 2 is 1.52 bits per heavy atom. The molecule has 2 aromatic rings. The Balaban J connectivity index is 0.000000333. The minimum Gasteiger partial charge on any atom is -0.475 e. The maximum Gasteiger partial charge on any atom is 0.490 e. The number of ether oxygens (including phenoxy) is 2. The van der Waals surface area contributed by atoms with E-state index in [1.807, 2.05) is 11.3 Å². The average Bonchev–Trinajstić information content (AvgIpc) is 3.37. The third kappa shape index (κ3) is 11.7. The normalized spacial score (nSPS) is 20.6. The number of hydrogen-bond acceptors (Lipinski definition) is 9. The second-order valence-corrected chi connectivity index (χ2v) is 11.4. The SMILES string of the molecule is Cc1ccc(CN2CCOC3(COCCN(Cc4csc(C)n4)C3)C2)s1.O=C(O)C(F)(F)F.O=C(O)C(F)(F)F. The highest BCUT2D eigenvalue weighted by molar-refractivity contribution is 7.11. The van der Waals surface area contributed by atoms with E-state index in [2.05, 4.69) is 46.1 Å². The summed E-state index contributed by atoms with van der Waals surface area (Å²) in [5.41, 5.74) is 0.929. The largest absolute Gasteiger partial charge is 0.490 e. The Kier molecular flexibility index (Phi) is 12.3. The predicted molar refractivity (Wildman–Crippen MR) is 133 cm³/mol. The highest BCUT2D eigenvalue weighted by Crippen LogP contribution is 2.26. The molecule has 1 atom stereocenters. The van der Waals surface area contributed by atoms with Gasteiger partial charge >= 0.3 is 24.3 Å². The lowest BCUT2D eigenvalue weighted by Gasteiger charge is -2.43. The minimum atomic E-state index is -5.08. The van der Waals surface area contributed by atoms with Crippen LogP contribution in [0.15, 0.2) is 17.5 Å². The van der Waals surface area contributed by atoms with Crippen LogP contribution < -0.4 is 0 Å². The number of nitrogens with zero attached hydrogens (tertiary/aromatic N) is 3. The van der Waals surface area contributed by atoms with Crippen LogP contribution in [0.4, 0.5) is 26.3 Å². The van der Waals surface area contributed by atoms with Gasteiger partial charge in [0.2, 0.25) is 0 Å². The monoisotopic (exact) mass is 621 g/mol. The van der Waals surface area contributed by atoms with Crippen LogP contribution in [0.1, 0.15) is 20.5 Å². The maximum absolute atomic E-state index is 10.6. The zero-order valence-corrected chi connectivity index (χ0v) is 23.2. The smallest absolute Gasteiger partial charge is 0.475 e. The maximum atomic E-state index is 10.6. The fraction of sp³-hybridized carbons (Fsp3) is 0.609. The first-order valence-electron chi connectivity index (χ1n) is 11.7. The summed E-state index contributed by atoms with van der Waals surface area (Å²) in [5.74, 6) is -5.51. The molecule has 2 aromatic heterocycles. The molecule has 0 amide bonds. The van der Waals surface area contributed by atoms with Crippen molar-refractivity contribution in [3.8, 4) is 0 Å². The first-order chi connectivity index (χ1) is 18.5. The van der Waals surface area contributed by atoms with Crippen molar-refractivity contribution < 1.29 is 55.6 Å². The number of aliphatic carboxylic acids is 2. The zero-order chi connectivity index (χ0) is 30.1. The molecule has 0 aliphatic carbocycles. The van der Waals surface area contributed by atoms with Crippen LogP contribution >= 0.6 is 22.7 Å². The summed E-state index contributed by atoms with van der Waals surface area (Å²) in [4.78, 5) is 30.2. The summed E-state index contributed by atoms with van der Waals surface area (Å²) in [6.45, 7) is 12.1. The summed E-state index contributed by atoms with van der Waals surface area (Å²) in [5, 5.41) is 17.5. The number of carboxylic acids is 2. The van der Waals surface area contributed by atoms with Crippen molar-refractivity contribution in [1.29, 1.82) is 0 Å². The van der Waals surface area contributed by atoms with Gasteiger partial charge in [-0.1, -0.05) is 0 Å². The number of thiophene rings is 1. The van der Waals surface area contributed by atoms with Crippen LogP contribution in [0.3, 0.4) is 0 Å². The number of hydrogen-bond donors (Lipinski definition) is 2. The van der Waals surface area contributed by atoms with Gasteiger partial charge in [0.15, 0.2) is 0 Å². The van der Waals surface area contributed by atoms with E-state index in [1.54, 1.807) is 11.3 Å². The number of carbonyl (C=O) groups is 2. The summed E-state index contributed by atoms with van der Waals surface area (Å²) < 4.78 is 75.7. The van der Waals surface area contributed by atoms with Crippen LogP contribution in [0, 0.1) is 13.8 Å². The van der Waals surface area contributed by atoms with Gasteiger partial charge < -0.3 is 19.7 Å². The molecule has 2 N–H and O–H groups in total. The fourth-order valence-corrected chi connectivity index (χ4v) is 5.40. The molecule has 4 heterocycles. The summed E-state index contributed by atoms with van der Waals surface area (Å²) in [6, 6.07) is 4.46. The molecule has 2 aliphatic heterocycles. The Morgan fingerprint density at radius 3 is 2.00 bits per heavy atom. The third-order valence-electron chi connectivity index (χ3n) is 5.47. The Bertz CT molecular complexity index is 1090. The first-order valence-corrected chi connectivity index (χ1v) is 13.4. The van der Waals surface area contributed by atoms with Crippen molar-refractivity contribution in [2.24, 2.45) is 0 Å². The van der Waals surface area contributed by atoms with E-state index in [-0.39, 0.29) is 5.60 Å². The highest BCUT2D eigenvalue weighted by Gasteiger charge is 2.41. The van der Waals surface area contributed by atoms with Gasteiger partial charge in [-0.2, -0.15) is 26.3 Å². The van der Waals surface area contributed by atoms with Gasteiger partial charge in [-0.25, -0.2) is 14.6 Å². The minimum absolute atomic E-state index is 0.230. The lowest BCUT2D eigenvalue weighted by Crippen LogP contribution is -2.58. The highest BCUT2D eigenvalue weighted by atomic mass is 32.1. The lowest BCUT2D eigenvalue weighted by atomic mass is 10.0. The number of carboxylic acid groups (broad SMARTS) is 2. The van der Waals surface area contributed by atoms with Gasteiger partial charge in [0.1, 0.15) is 5.60 Å². The molecule has 226 valence electrons. The van der Waals surface area contributed by atoms with E-state index in [0.29, 0.717) is 6.61 Å². The van der Waals surface area contributed by atoms with Gasteiger partial charge in [0.05, 0.1) is 30.5 Å². The van der Waals surface area contributed by atoms with Crippen molar-refractivity contribution in [3.05, 3.63) is 38.0 Å². The van der Waals surface area contributed by atoms with Gasteiger partial charge in [-0.3, -0.25) is 9.80 Å². The molecule has 0 aromatic carbocycles. The van der Waals surface area contributed by atoms with Crippen LogP contribution in [0.2, 0.25) is 0 Å². The first kappa shape index (κ1) is 33.9. The summed E-state index contributed by atoms with van der Waals surface area (Å²) in [7, 11) is 0. The summed E-state index contributed by atoms with van der Waals surface area (Å²) in [6.07, 6.45) is -10.2. The van der Waals surface area contributed by atoms with Crippen molar-refractivity contribution in [2.75, 3.05) is 46.0 Å². The molecule has 0 bridgehead atoms. The lowest BCUT2D eigenvalue weighted by molar-refractivity contribution is -0.193. The Morgan fingerprint density at radius 1 is 0.975 bits per heavy atom. The standard InChI is InChI=1S/C19H27N3O2S2.2C2HF3O2/c1-15-3-4-18(26-15)10-22-6-8-24-19(13-22)12-21(5-7-23-14-19)9-17-11-25-16(2)20-17;2*3-2(4,5)1(6)7/h3-4,11H,5-10,12-14H2,1-2H3;2*(H,6,7). The average molecular weight is 622 g/mol. The molecular formula is C23H29F6N3O6S2. The van der Waals surface area contributed by atoms with E-state index in [1.165, 1.54) is 9.75 Å². The molecule has 0 saturated carbocycles. The molecular weight excluding hydrogens is 592 g/mol. The fourth-order valence-electron chi connectivity index (χ4n) is 3.86. The van der Waals surface area contributed by atoms with Crippen LogP contribution in [0.5, 0.6) is 0 Å². The van der Waals surface area contributed by atoms with E-state index >= 15 is 0 Å². The molecule has 1 spiro atoms. The number of morpholine rings is 1. The van der Waals surface area contributed by atoms with Crippen LogP contribution in [-0.2, 0) is 32.2 Å². The molecule has 40 heavy (non-hydrogen) atoms. The molecule has 2 saturated heterocycles. The van der Waals surface area contributed by atoms with Crippen molar-refractivity contribution in [2.45, 2.75) is 44.9 Å².